The molecule has 0 saturated carbocycles. The van der Waals surface area contributed by atoms with Crippen LogP contribution in [0.15, 0.2) is 23.8 Å². The van der Waals surface area contributed by atoms with E-state index in [4.69, 9.17) is 0 Å². The third-order valence-corrected chi connectivity index (χ3v) is 1.44. The molecule has 0 radical (unpaired) electrons. The van der Waals surface area contributed by atoms with Crippen LogP contribution >= 0.6 is 0 Å². The summed E-state index contributed by atoms with van der Waals surface area (Å²) >= 11 is 0. The highest BCUT2D eigenvalue weighted by Gasteiger charge is 2.00. The van der Waals surface area contributed by atoms with Gasteiger partial charge in [-0.3, -0.25) is 0 Å². The molecule has 0 aromatic heterocycles. The Morgan fingerprint density at radius 1 is 1.58 bits per heavy atom. The molecule has 1 atom stereocenters. The van der Waals surface area contributed by atoms with Gasteiger partial charge < -0.3 is 9.90 Å². The summed E-state index contributed by atoms with van der Waals surface area (Å²) in [6, 6.07) is 0. The fourth-order valence-electron chi connectivity index (χ4n) is 0.944. The molecule has 2 heteroatoms. The predicted octanol–water partition coefficient (Wildman–Crippen LogP) is 1.85. The second kappa shape index (κ2) is 5.72. The van der Waals surface area contributed by atoms with Crippen LogP contribution < -0.4 is 0 Å². The Balaban J connectivity index is 3.94. The third-order valence-electron chi connectivity index (χ3n) is 1.44. The lowest BCUT2D eigenvalue weighted by Crippen LogP contribution is -2.03. The summed E-state index contributed by atoms with van der Waals surface area (Å²) in [5, 5.41) is 9.36. The van der Waals surface area contributed by atoms with E-state index < -0.39 is 6.10 Å². The van der Waals surface area contributed by atoms with E-state index in [-0.39, 0.29) is 0 Å². The largest absolute Gasteiger partial charge is 0.389 e. The molecule has 0 aromatic carbocycles. The summed E-state index contributed by atoms with van der Waals surface area (Å²) in [7, 11) is 0. The molecule has 0 amide bonds. The number of carbonyl (C=O) groups excluding carboxylic acids is 1. The van der Waals surface area contributed by atoms with Crippen LogP contribution in [0.25, 0.3) is 0 Å². The van der Waals surface area contributed by atoms with E-state index in [1.54, 1.807) is 6.08 Å². The standard InChI is InChI=1S/C10H16O2/c1-8(2)6-10(12)7-9(3)4-5-11/h5,7,10,12H,1,4,6H2,2-3H3. The summed E-state index contributed by atoms with van der Waals surface area (Å²) in [6.07, 6.45) is 2.99. The minimum absolute atomic E-state index is 0.396. The van der Waals surface area contributed by atoms with Crippen LogP contribution in [0.3, 0.4) is 0 Å². The first kappa shape index (κ1) is 11.1. The van der Waals surface area contributed by atoms with Crippen molar-refractivity contribution < 1.29 is 9.90 Å². The maximum atomic E-state index is 10.1. The van der Waals surface area contributed by atoms with Crippen LogP contribution in [0.4, 0.5) is 0 Å². The summed E-state index contributed by atoms with van der Waals surface area (Å²) in [4.78, 5) is 10.1. The number of hydrogen-bond acceptors (Lipinski definition) is 2. The van der Waals surface area contributed by atoms with E-state index in [1.165, 1.54) is 0 Å². The van der Waals surface area contributed by atoms with Crippen LogP contribution in [0.1, 0.15) is 26.7 Å². The molecular weight excluding hydrogens is 152 g/mol. The van der Waals surface area contributed by atoms with E-state index in [0.29, 0.717) is 12.8 Å². The van der Waals surface area contributed by atoms with Crippen LogP contribution in [0.5, 0.6) is 0 Å². The summed E-state index contributed by atoms with van der Waals surface area (Å²) in [5.74, 6) is 0. The average molecular weight is 168 g/mol. The molecule has 0 aliphatic carbocycles. The summed E-state index contributed by atoms with van der Waals surface area (Å²) < 4.78 is 0. The minimum atomic E-state index is -0.498. The molecule has 0 saturated heterocycles. The van der Waals surface area contributed by atoms with Crippen molar-refractivity contribution in [1.29, 1.82) is 0 Å². The van der Waals surface area contributed by atoms with Gasteiger partial charge in [-0.2, -0.15) is 0 Å². The lowest BCUT2D eigenvalue weighted by molar-refractivity contribution is -0.107. The third kappa shape index (κ3) is 5.86. The maximum Gasteiger partial charge on any atom is 0.124 e. The molecular formula is C10H16O2. The number of hydrogen-bond donors (Lipinski definition) is 1. The minimum Gasteiger partial charge on any atom is -0.389 e. The van der Waals surface area contributed by atoms with E-state index in [0.717, 1.165) is 17.4 Å². The molecule has 0 aliphatic rings. The Kier molecular flexibility index (Phi) is 5.30. The number of aldehydes is 1. The zero-order valence-electron chi connectivity index (χ0n) is 7.71. The fraction of sp³-hybridized carbons (Fsp3) is 0.500. The molecule has 0 aromatic rings. The van der Waals surface area contributed by atoms with E-state index in [2.05, 4.69) is 6.58 Å². The van der Waals surface area contributed by atoms with Gasteiger partial charge in [-0.1, -0.05) is 17.2 Å². The van der Waals surface area contributed by atoms with Crippen LogP contribution in [0, 0.1) is 0 Å². The second-order valence-corrected chi connectivity index (χ2v) is 3.11. The summed E-state index contributed by atoms with van der Waals surface area (Å²) in [6.45, 7) is 7.39. The zero-order valence-corrected chi connectivity index (χ0v) is 7.71. The SMILES string of the molecule is C=C(C)CC(O)C=C(C)CC=O. The molecule has 2 nitrogen and oxygen atoms in total. The van der Waals surface area contributed by atoms with Crippen molar-refractivity contribution in [2.75, 3.05) is 0 Å². The number of aliphatic hydroxyl groups is 1. The normalized spacial score (nSPS) is 14.1. The first-order chi connectivity index (χ1) is 5.56. The molecule has 0 heterocycles. The van der Waals surface area contributed by atoms with Gasteiger partial charge in [0.05, 0.1) is 6.10 Å². The van der Waals surface area contributed by atoms with Crippen molar-refractivity contribution in [3.63, 3.8) is 0 Å². The predicted molar refractivity (Wildman–Crippen MR) is 49.9 cm³/mol. The van der Waals surface area contributed by atoms with Crippen molar-refractivity contribution in [2.45, 2.75) is 32.8 Å². The number of rotatable bonds is 5. The Bertz CT molecular complexity index is 192. The van der Waals surface area contributed by atoms with E-state index in [9.17, 15) is 9.90 Å². The van der Waals surface area contributed by atoms with Gasteiger partial charge in [0.2, 0.25) is 0 Å². The Labute approximate surface area is 73.6 Å². The van der Waals surface area contributed by atoms with Gasteiger partial charge in [0, 0.05) is 6.42 Å². The van der Waals surface area contributed by atoms with Crippen LogP contribution in [-0.4, -0.2) is 17.5 Å². The van der Waals surface area contributed by atoms with Crippen molar-refractivity contribution >= 4 is 6.29 Å². The molecule has 0 bridgehead atoms. The van der Waals surface area contributed by atoms with Crippen LogP contribution in [-0.2, 0) is 4.79 Å². The first-order valence-corrected chi connectivity index (χ1v) is 3.99. The van der Waals surface area contributed by atoms with Crippen molar-refractivity contribution in [3.05, 3.63) is 23.8 Å². The average Bonchev–Trinajstić information content (AvgIpc) is 1.84. The van der Waals surface area contributed by atoms with Crippen LogP contribution in [0.2, 0.25) is 0 Å². The number of aliphatic hydroxyl groups excluding tert-OH is 1. The molecule has 12 heavy (non-hydrogen) atoms. The molecule has 0 aliphatic heterocycles. The number of carbonyl (C=O) groups is 1. The summed E-state index contributed by atoms with van der Waals surface area (Å²) in [5.41, 5.74) is 1.84. The van der Waals surface area contributed by atoms with Gasteiger partial charge in [-0.25, -0.2) is 0 Å². The first-order valence-electron chi connectivity index (χ1n) is 3.99. The molecule has 68 valence electrons. The Morgan fingerprint density at radius 3 is 2.58 bits per heavy atom. The van der Waals surface area contributed by atoms with Crippen molar-refractivity contribution in [2.24, 2.45) is 0 Å². The lowest BCUT2D eigenvalue weighted by Gasteiger charge is -2.05. The highest BCUT2D eigenvalue weighted by molar-refractivity contribution is 5.53. The molecule has 0 fully saturated rings. The van der Waals surface area contributed by atoms with Gasteiger partial charge in [-0.05, 0) is 20.3 Å². The highest BCUT2D eigenvalue weighted by atomic mass is 16.3. The van der Waals surface area contributed by atoms with Crippen molar-refractivity contribution in [3.8, 4) is 0 Å². The molecule has 0 rings (SSSR count). The zero-order chi connectivity index (χ0) is 9.56. The van der Waals surface area contributed by atoms with Gasteiger partial charge >= 0.3 is 0 Å². The van der Waals surface area contributed by atoms with Gasteiger partial charge in [0.25, 0.3) is 0 Å². The van der Waals surface area contributed by atoms with Gasteiger partial charge in [0.15, 0.2) is 0 Å². The Morgan fingerprint density at radius 2 is 2.17 bits per heavy atom. The maximum absolute atomic E-state index is 10.1. The van der Waals surface area contributed by atoms with Crippen molar-refractivity contribution in [1.82, 2.24) is 0 Å². The quantitative estimate of drug-likeness (QED) is 0.502. The smallest absolute Gasteiger partial charge is 0.124 e. The second-order valence-electron chi connectivity index (χ2n) is 3.11. The highest BCUT2D eigenvalue weighted by Crippen LogP contribution is 2.06. The van der Waals surface area contributed by atoms with E-state index >= 15 is 0 Å². The molecule has 0 spiro atoms. The van der Waals surface area contributed by atoms with Gasteiger partial charge in [-0.15, -0.1) is 6.58 Å². The lowest BCUT2D eigenvalue weighted by atomic mass is 10.1. The Hall–Kier alpha value is -0.890. The monoisotopic (exact) mass is 168 g/mol. The van der Waals surface area contributed by atoms with E-state index in [1.807, 2.05) is 13.8 Å². The molecule has 1 unspecified atom stereocenters. The number of allylic oxidation sites excluding steroid dienone is 1. The molecule has 1 N–H and O–H groups in total. The topological polar surface area (TPSA) is 37.3 Å². The fourth-order valence-corrected chi connectivity index (χ4v) is 0.944. The van der Waals surface area contributed by atoms with Gasteiger partial charge in [0.1, 0.15) is 6.29 Å².